The van der Waals surface area contributed by atoms with Gasteiger partial charge in [0.05, 0.1) is 12.2 Å². The van der Waals surface area contributed by atoms with Gasteiger partial charge in [0.2, 0.25) is 0 Å². The fourth-order valence-electron chi connectivity index (χ4n) is 5.03. The van der Waals surface area contributed by atoms with Crippen LogP contribution in [0, 0.1) is 13.8 Å². The van der Waals surface area contributed by atoms with Crippen LogP contribution in [-0.4, -0.2) is 49.1 Å². The molecule has 2 unspecified atom stereocenters. The van der Waals surface area contributed by atoms with E-state index in [0.29, 0.717) is 0 Å². The largest absolute Gasteiger partial charge is 0.363 e. The molecule has 3 nitrogen and oxygen atoms in total. The van der Waals surface area contributed by atoms with E-state index in [9.17, 15) is 0 Å². The lowest BCUT2D eigenvalue weighted by atomic mass is 10.00. The van der Waals surface area contributed by atoms with Crippen molar-refractivity contribution in [2.75, 3.05) is 39.3 Å². The molecule has 2 saturated heterocycles. The third kappa shape index (κ3) is 6.20. The summed E-state index contributed by atoms with van der Waals surface area (Å²) in [5.41, 5.74) is 5.23. The van der Waals surface area contributed by atoms with E-state index in [1.54, 1.807) is 0 Å². The van der Waals surface area contributed by atoms with Crippen molar-refractivity contribution in [2.45, 2.75) is 51.7 Å². The zero-order chi connectivity index (χ0) is 21.8. The lowest BCUT2D eigenvalue weighted by Gasteiger charge is -2.32. The van der Waals surface area contributed by atoms with E-state index in [-0.39, 0.29) is 12.2 Å². The quantitative estimate of drug-likeness (QED) is 0.359. The number of likely N-dealkylation sites (tertiary alicyclic amines) is 2. The minimum Gasteiger partial charge on any atom is -0.363 e. The highest BCUT2D eigenvalue weighted by molar-refractivity contribution is 9.10. The molecular weight excluding hydrogens is 516 g/mol. The normalized spacial score (nSPS) is 19.7. The van der Waals surface area contributed by atoms with Crippen molar-refractivity contribution in [3.63, 3.8) is 0 Å². The molecule has 5 heteroatoms. The molecule has 2 aliphatic heterocycles. The van der Waals surface area contributed by atoms with Crippen molar-refractivity contribution in [3.8, 4) is 0 Å². The van der Waals surface area contributed by atoms with Gasteiger partial charge in [0, 0.05) is 22.0 Å². The summed E-state index contributed by atoms with van der Waals surface area (Å²) >= 11 is 7.27. The summed E-state index contributed by atoms with van der Waals surface area (Å²) < 4.78 is 9.34. The first-order valence-electron chi connectivity index (χ1n) is 11.6. The second-order valence-corrected chi connectivity index (χ2v) is 11.0. The molecule has 4 rings (SSSR count). The Morgan fingerprint density at radius 1 is 0.710 bits per heavy atom. The molecule has 0 amide bonds. The third-order valence-corrected chi connectivity index (χ3v) is 7.72. The van der Waals surface area contributed by atoms with Gasteiger partial charge in [-0.2, -0.15) is 0 Å². The minimum absolute atomic E-state index is 0.0712. The van der Waals surface area contributed by atoms with Gasteiger partial charge in [-0.3, -0.25) is 0 Å². The summed E-state index contributed by atoms with van der Waals surface area (Å²) in [6.45, 7) is 11.1. The molecule has 31 heavy (non-hydrogen) atoms. The van der Waals surface area contributed by atoms with Crippen molar-refractivity contribution < 1.29 is 4.74 Å². The van der Waals surface area contributed by atoms with Gasteiger partial charge in [0.25, 0.3) is 0 Å². The first-order valence-corrected chi connectivity index (χ1v) is 13.2. The van der Waals surface area contributed by atoms with E-state index in [2.05, 4.69) is 91.9 Å². The zero-order valence-corrected chi connectivity index (χ0v) is 21.9. The second-order valence-electron chi connectivity index (χ2n) is 9.13. The lowest BCUT2D eigenvalue weighted by molar-refractivity contribution is -0.0427. The van der Waals surface area contributed by atoms with Crippen LogP contribution in [0.4, 0.5) is 0 Å². The number of rotatable bonds is 8. The number of hydrogen-bond acceptors (Lipinski definition) is 3. The van der Waals surface area contributed by atoms with Crippen LogP contribution >= 0.6 is 31.9 Å². The fourth-order valence-corrected chi connectivity index (χ4v) is 5.98. The first-order chi connectivity index (χ1) is 15.0. The second kappa shape index (κ2) is 10.9. The zero-order valence-electron chi connectivity index (χ0n) is 18.7. The van der Waals surface area contributed by atoms with Crippen LogP contribution in [0.15, 0.2) is 45.3 Å². The molecule has 168 valence electrons. The van der Waals surface area contributed by atoms with E-state index < -0.39 is 0 Å². The smallest absolute Gasteiger partial charge is 0.0963 e. The van der Waals surface area contributed by atoms with Gasteiger partial charge in [-0.05, 0) is 112 Å². The van der Waals surface area contributed by atoms with Crippen molar-refractivity contribution >= 4 is 31.9 Å². The average molecular weight is 550 g/mol. The predicted octanol–water partition coefficient (Wildman–Crippen LogP) is 6.82. The standard InChI is InChI=1S/C26H34Br2N2O/c1-19-15-21(27)7-9-23(19)25(17-29-11-3-4-12-29)31-26(18-30-13-5-6-14-30)24-10-8-22(28)16-20(24)2/h7-10,15-16,25-26H,3-6,11-14,17-18H2,1-2H3. The van der Waals surface area contributed by atoms with E-state index in [1.807, 2.05) is 0 Å². The average Bonchev–Trinajstić information content (AvgIpc) is 3.41. The molecule has 2 atom stereocenters. The van der Waals surface area contributed by atoms with Crippen LogP contribution in [0.3, 0.4) is 0 Å². The summed E-state index contributed by atoms with van der Waals surface area (Å²) in [6, 6.07) is 13.3. The molecule has 2 aliphatic rings. The van der Waals surface area contributed by atoms with Gasteiger partial charge in [-0.1, -0.05) is 44.0 Å². The minimum atomic E-state index is 0.0712. The Kier molecular flexibility index (Phi) is 8.27. The summed E-state index contributed by atoms with van der Waals surface area (Å²) in [5, 5.41) is 0. The third-order valence-electron chi connectivity index (χ3n) is 6.73. The van der Waals surface area contributed by atoms with E-state index in [4.69, 9.17) is 4.74 Å². The fraction of sp³-hybridized carbons (Fsp3) is 0.538. The monoisotopic (exact) mass is 548 g/mol. The molecule has 0 aromatic heterocycles. The first kappa shape index (κ1) is 23.4. The van der Waals surface area contributed by atoms with Crippen LogP contribution in [0.25, 0.3) is 0 Å². The number of nitrogens with zero attached hydrogens (tertiary/aromatic N) is 2. The maximum atomic E-state index is 7.07. The predicted molar refractivity (Wildman–Crippen MR) is 136 cm³/mol. The number of hydrogen-bond donors (Lipinski definition) is 0. The van der Waals surface area contributed by atoms with Crippen LogP contribution < -0.4 is 0 Å². The Balaban J connectivity index is 1.64. The molecule has 0 bridgehead atoms. The molecule has 0 aliphatic carbocycles. The van der Waals surface area contributed by atoms with E-state index in [0.717, 1.165) is 22.0 Å². The van der Waals surface area contributed by atoms with Gasteiger partial charge in [0.1, 0.15) is 0 Å². The summed E-state index contributed by atoms with van der Waals surface area (Å²) in [5.74, 6) is 0. The highest BCUT2D eigenvalue weighted by atomic mass is 79.9. The Morgan fingerprint density at radius 2 is 1.10 bits per heavy atom. The summed E-state index contributed by atoms with van der Waals surface area (Å²) in [4.78, 5) is 5.15. The van der Waals surface area contributed by atoms with Gasteiger partial charge in [0.15, 0.2) is 0 Å². The summed E-state index contributed by atoms with van der Waals surface area (Å²) in [6.07, 6.45) is 5.34. The molecule has 0 saturated carbocycles. The molecule has 2 aromatic carbocycles. The van der Waals surface area contributed by atoms with Crippen LogP contribution in [0.2, 0.25) is 0 Å². The lowest BCUT2D eigenvalue weighted by Crippen LogP contribution is -2.32. The maximum Gasteiger partial charge on any atom is 0.0963 e. The topological polar surface area (TPSA) is 15.7 Å². The van der Waals surface area contributed by atoms with Crippen molar-refractivity contribution in [2.24, 2.45) is 0 Å². The van der Waals surface area contributed by atoms with Crippen molar-refractivity contribution in [3.05, 3.63) is 67.6 Å². The molecular formula is C26H34Br2N2O. The number of halogens is 2. The Hall–Kier alpha value is -0.720. The van der Waals surface area contributed by atoms with Crippen molar-refractivity contribution in [1.29, 1.82) is 0 Å². The van der Waals surface area contributed by atoms with Gasteiger partial charge in [-0.25, -0.2) is 0 Å². The van der Waals surface area contributed by atoms with E-state index >= 15 is 0 Å². The number of ether oxygens (including phenoxy) is 1. The molecule has 2 fully saturated rings. The molecule has 0 N–H and O–H groups in total. The molecule has 2 aromatic rings. The van der Waals surface area contributed by atoms with Gasteiger partial charge >= 0.3 is 0 Å². The Bertz CT molecular complexity index is 804. The summed E-state index contributed by atoms with van der Waals surface area (Å²) in [7, 11) is 0. The van der Waals surface area contributed by atoms with Gasteiger partial charge in [-0.15, -0.1) is 0 Å². The molecule has 0 radical (unpaired) electrons. The number of aryl methyl sites for hydroxylation is 2. The van der Waals surface area contributed by atoms with E-state index in [1.165, 1.54) is 74.1 Å². The SMILES string of the molecule is Cc1cc(Br)ccc1C(CN1CCCC1)OC(CN1CCCC1)c1ccc(Br)cc1C. The maximum absolute atomic E-state index is 7.07. The molecule has 0 spiro atoms. The highest BCUT2D eigenvalue weighted by Crippen LogP contribution is 2.34. The number of benzene rings is 2. The molecule has 2 heterocycles. The van der Waals surface area contributed by atoms with Crippen molar-refractivity contribution in [1.82, 2.24) is 9.80 Å². The Labute approximate surface area is 204 Å². The van der Waals surface area contributed by atoms with Crippen LogP contribution in [-0.2, 0) is 4.74 Å². The van der Waals surface area contributed by atoms with Gasteiger partial charge < -0.3 is 14.5 Å². The van der Waals surface area contributed by atoms with Crippen LogP contribution in [0.5, 0.6) is 0 Å². The Morgan fingerprint density at radius 3 is 1.45 bits per heavy atom. The van der Waals surface area contributed by atoms with Crippen LogP contribution in [0.1, 0.15) is 60.1 Å². The highest BCUT2D eigenvalue weighted by Gasteiger charge is 2.28.